The Kier molecular flexibility index (Phi) is 4.88. The Balaban J connectivity index is 2.04. The molecule has 1 heterocycles. The van der Waals surface area contributed by atoms with Crippen molar-refractivity contribution in [2.24, 2.45) is 0 Å². The van der Waals surface area contributed by atoms with Crippen molar-refractivity contribution in [3.05, 3.63) is 57.8 Å². The van der Waals surface area contributed by atoms with Crippen molar-refractivity contribution in [3.8, 4) is 6.07 Å². The van der Waals surface area contributed by atoms with Gasteiger partial charge in [0.25, 0.3) is 0 Å². The first-order valence-electron chi connectivity index (χ1n) is 6.08. The van der Waals surface area contributed by atoms with Crippen LogP contribution in [0.5, 0.6) is 0 Å². The van der Waals surface area contributed by atoms with Crippen molar-refractivity contribution in [2.45, 2.75) is 12.6 Å². The van der Waals surface area contributed by atoms with Gasteiger partial charge in [-0.2, -0.15) is 5.26 Å². The molecule has 1 atom stereocenters. The second kappa shape index (κ2) is 6.85. The summed E-state index contributed by atoms with van der Waals surface area (Å²) in [5.74, 6) is -0.378. The highest BCUT2D eigenvalue weighted by Crippen LogP contribution is 2.16. The Morgan fingerprint density at radius 2 is 2.15 bits per heavy atom. The van der Waals surface area contributed by atoms with Crippen LogP contribution in [0.25, 0.3) is 0 Å². The number of hydrogen-bond acceptors (Lipinski definition) is 5. The molecule has 0 bridgehead atoms. The van der Waals surface area contributed by atoms with Gasteiger partial charge >= 0.3 is 5.97 Å². The van der Waals surface area contributed by atoms with Gasteiger partial charge in [0.15, 0.2) is 0 Å². The highest BCUT2D eigenvalue weighted by Gasteiger charge is 2.11. The molecule has 0 radical (unpaired) electrons. The molecule has 0 saturated heterocycles. The van der Waals surface area contributed by atoms with Crippen LogP contribution in [0, 0.1) is 11.3 Å². The van der Waals surface area contributed by atoms with E-state index in [1.54, 1.807) is 35.6 Å². The number of methoxy groups -OCH3 is 1. The fourth-order valence-corrected chi connectivity index (χ4v) is 2.44. The number of esters is 1. The van der Waals surface area contributed by atoms with E-state index in [4.69, 9.17) is 0 Å². The highest BCUT2D eigenvalue weighted by atomic mass is 32.1. The highest BCUT2D eigenvalue weighted by molar-refractivity contribution is 7.09. The third-order valence-electron chi connectivity index (χ3n) is 2.85. The van der Waals surface area contributed by atoms with Crippen LogP contribution in [0.2, 0.25) is 0 Å². The first-order chi connectivity index (χ1) is 9.74. The lowest BCUT2D eigenvalue weighted by atomic mass is 10.1. The maximum atomic E-state index is 11.3. The molecule has 0 aliphatic heterocycles. The van der Waals surface area contributed by atoms with Crippen LogP contribution in [-0.4, -0.2) is 13.1 Å². The predicted octanol–water partition coefficient (Wildman–Crippen LogP) is 2.89. The molecule has 0 aliphatic carbocycles. The Hall–Kier alpha value is -2.16. The average Bonchev–Trinajstić information content (AvgIpc) is 3.01. The Labute approximate surface area is 121 Å². The fraction of sp³-hybridized carbons (Fsp3) is 0.200. The number of nitriles is 1. The first-order valence-corrected chi connectivity index (χ1v) is 6.96. The molecule has 4 nitrogen and oxygen atoms in total. The first kappa shape index (κ1) is 14.3. The maximum absolute atomic E-state index is 11.3. The molecule has 1 aromatic heterocycles. The molecule has 1 aromatic carbocycles. The lowest BCUT2D eigenvalue weighted by Crippen LogP contribution is -2.19. The van der Waals surface area contributed by atoms with E-state index in [1.807, 2.05) is 17.5 Å². The van der Waals surface area contributed by atoms with Gasteiger partial charge < -0.3 is 4.74 Å². The summed E-state index contributed by atoms with van der Waals surface area (Å²) in [6.07, 6.45) is 0. The van der Waals surface area contributed by atoms with Crippen LogP contribution in [0.3, 0.4) is 0 Å². The Morgan fingerprint density at radius 1 is 1.40 bits per heavy atom. The number of carbonyl (C=O) groups is 1. The monoisotopic (exact) mass is 286 g/mol. The van der Waals surface area contributed by atoms with E-state index in [2.05, 4.69) is 16.1 Å². The lowest BCUT2D eigenvalue weighted by Gasteiger charge is -2.11. The molecule has 0 spiro atoms. The van der Waals surface area contributed by atoms with Crippen LogP contribution in [0.4, 0.5) is 0 Å². The van der Waals surface area contributed by atoms with E-state index < -0.39 is 6.04 Å². The number of nitrogens with zero attached hydrogens (tertiary/aromatic N) is 1. The fourth-order valence-electron chi connectivity index (χ4n) is 1.78. The molecule has 2 rings (SSSR count). The van der Waals surface area contributed by atoms with Gasteiger partial charge in [0.1, 0.15) is 6.04 Å². The second-order valence-corrected chi connectivity index (χ2v) is 5.17. The van der Waals surface area contributed by atoms with Crippen molar-refractivity contribution >= 4 is 17.3 Å². The molecule has 0 fully saturated rings. The van der Waals surface area contributed by atoms with Crippen molar-refractivity contribution < 1.29 is 9.53 Å². The molecule has 2 aromatic rings. The average molecular weight is 286 g/mol. The van der Waals surface area contributed by atoms with Gasteiger partial charge in [-0.3, -0.25) is 5.32 Å². The maximum Gasteiger partial charge on any atom is 0.337 e. The number of carbonyl (C=O) groups excluding carboxylic acids is 1. The van der Waals surface area contributed by atoms with Gasteiger partial charge in [-0.1, -0.05) is 18.2 Å². The molecular weight excluding hydrogens is 272 g/mol. The van der Waals surface area contributed by atoms with E-state index in [-0.39, 0.29) is 5.97 Å². The van der Waals surface area contributed by atoms with Gasteiger partial charge in [0.2, 0.25) is 0 Å². The van der Waals surface area contributed by atoms with Crippen LogP contribution in [0.1, 0.15) is 26.8 Å². The number of nitrogens with one attached hydrogen (secondary N) is 1. The zero-order valence-electron chi connectivity index (χ0n) is 11.0. The summed E-state index contributed by atoms with van der Waals surface area (Å²) in [6, 6.07) is 12.7. The smallest absolute Gasteiger partial charge is 0.337 e. The van der Waals surface area contributed by atoms with Gasteiger partial charge in [0, 0.05) is 11.4 Å². The Morgan fingerprint density at radius 3 is 2.70 bits per heavy atom. The molecule has 20 heavy (non-hydrogen) atoms. The summed E-state index contributed by atoms with van der Waals surface area (Å²) >= 11 is 1.65. The third-order valence-corrected chi connectivity index (χ3v) is 3.73. The zero-order chi connectivity index (χ0) is 14.4. The summed E-state index contributed by atoms with van der Waals surface area (Å²) in [5, 5.41) is 14.4. The van der Waals surface area contributed by atoms with Gasteiger partial charge in [-0.15, -0.1) is 11.3 Å². The van der Waals surface area contributed by atoms with Crippen LogP contribution in [0.15, 0.2) is 41.8 Å². The Bertz CT molecular complexity index is 600. The largest absolute Gasteiger partial charge is 0.465 e. The molecule has 0 aliphatic rings. The van der Waals surface area contributed by atoms with Gasteiger partial charge in [-0.05, 0) is 29.1 Å². The lowest BCUT2D eigenvalue weighted by molar-refractivity contribution is 0.0600. The van der Waals surface area contributed by atoms with Crippen molar-refractivity contribution in [1.29, 1.82) is 5.26 Å². The van der Waals surface area contributed by atoms with Crippen molar-refractivity contribution in [1.82, 2.24) is 5.32 Å². The van der Waals surface area contributed by atoms with Crippen LogP contribution in [-0.2, 0) is 11.3 Å². The van der Waals surface area contributed by atoms with E-state index in [0.717, 1.165) is 5.56 Å². The predicted molar refractivity (Wildman–Crippen MR) is 77.3 cm³/mol. The molecular formula is C15H14N2O2S. The van der Waals surface area contributed by atoms with Crippen molar-refractivity contribution in [3.63, 3.8) is 0 Å². The molecule has 0 saturated carbocycles. The normalized spacial score (nSPS) is 11.6. The second-order valence-electron chi connectivity index (χ2n) is 4.14. The minimum Gasteiger partial charge on any atom is -0.465 e. The van der Waals surface area contributed by atoms with Gasteiger partial charge in [-0.25, -0.2) is 4.79 Å². The SMILES string of the molecule is COC(=O)c1ccc(C(C#N)NCc2cccs2)cc1. The number of rotatable bonds is 5. The quantitative estimate of drug-likeness (QED) is 0.858. The molecule has 5 heteroatoms. The third kappa shape index (κ3) is 3.44. The topological polar surface area (TPSA) is 62.1 Å². The van der Waals surface area contributed by atoms with E-state index in [9.17, 15) is 10.1 Å². The summed E-state index contributed by atoms with van der Waals surface area (Å²) in [5.41, 5.74) is 1.31. The van der Waals surface area contributed by atoms with E-state index in [0.29, 0.717) is 12.1 Å². The van der Waals surface area contributed by atoms with E-state index in [1.165, 1.54) is 12.0 Å². The number of hydrogen-bond donors (Lipinski definition) is 1. The summed E-state index contributed by atoms with van der Waals surface area (Å²) in [7, 11) is 1.34. The molecule has 1 N–H and O–H groups in total. The van der Waals surface area contributed by atoms with E-state index >= 15 is 0 Å². The van der Waals surface area contributed by atoms with Crippen LogP contribution >= 0.6 is 11.3 Å². The minimum absolute atomic E-state index is 0.378. The summed E-state index contributed by atoms with van der Waals surface area (Å²) < 4.78 is 4.64. The zero-order valence-corrected chi connectivity index (χ0v) is 11.8. The molecule has 102 valence electrons. The summed E-state index contributed by atoms with van der Waals surface area (Å²) in [6.45, 7) is 0.647. The standard InChI is InChI=1S/C15H14N2O2S/c1-19-15(18)12-6-4-11(5-7-12)14(9-16)17-10-13-3-2-8-20-13/h2-8,14,17H,10H2,1H3. The number of ether oxygens (including phenoxy) is 1. The van der Waals surface area contributed by atoms with Gasteiger partial charge in [0.05, 0.1) is 18.7 Å². The molecule has 1 unspecified atom stereocenters. The molecule has 0 amide bonds. The number of thiophene rings is 1. The van der Waals surface area contributed by atoms with Crippen LogP contribution < -0.4 is 5.32 Å². The number of benzene rings is 1. The minimum atomic E-state index is -0.399. The summed E-state index contributed by atoms with van der Waals surface area (Å²) in [4.78, 5) is 12.5. The van der Waals surface area contributed by atoms with Crippen molar-refractivity contribution in [2.75, 3.05) is 7.11 Å².